The number of morpholine rings is 1. The lowest BCUT2D eigenvalue weighted by molar-refractivity contribution is -0.137. The van der Waals surface area contributed by atoms with Crippen molar-refractivity contribution in [3.63, 3.8) is 0 Å². The molecule has 2 aromatic carbocycles. The molecule has 2 aromatic heterocycles. The number of hydrogen-bond acceptors (Lipinski definition) is 10. The van der Waals surface area contributed by atoms with Crippen LogP contribution in [0.4, 0.5) is 29.9 Å². The maximum Gasteiger partial charge on any atom is 0.443 e. The molecule has 1 aliphatic carbocycles. The van der Waals surface area contributed by atoms with Gasteiger partial charge in [-0.1, -0.05) is 65.0 Å². The van der Waals surface area contributed by atoms with Gasteiger partial charge in [-0.15, -0.1) is 5.10 Å². The van der Waals surface area contributed by atoms with E-state index in [1.165, 1.54) is 0 Å². The van der Waals surface area contributed by atoms with Gasteiger partial charge >= 0.3 is 12.2 Å². The Kier molecular flexibility index (Phi) is 5.82. The van der Waals surface area contributed by atoms with Crippen LogP contribution in [0.3, 0.4) is 0 Å². The molecule has 1 saturated carbocycles. The third-order valence-corrected chi connectivity index (χ3v) is 7.90. The Bertz CT molecular complexity index is 1620. The number of ether oxygens (including phenoxy) is 1. The number of benzodiazepines with no additional fused rings is 1. The maximum atomic E-state index is 13.6. The van der Waals surface area contributed by atoms with E-state index < -0.39 is 23.3 Å². The van der Waals surface area contributed by atoms with Crippen molar-refractivity contribution in [1.82, 2.24) is 15.2 Å². The molecule has 1 amide bonds. The second kappa shape index (κ2) is 9.41. The van der Waals surface area contributed by atoms with Gasteiger partial charge < -0.3 is 24.7 Å². The summed E-state index contributed by atoms with van der Waals surface area (Å²) in [6, 6.07) is 16.5. The molecule has 2 aliphatic heterocycles. The van der Waals surface area contributed by atoms with Gasteiger partial charge in [0.2, 0.25) is 11.2 Å². The molecule has 0 spiro atoms. The van der Waals surface area contributed by atoms with Crippen molar-refractivity contribution >= 4 is 39.7 Å². The van der Waals surface area contributed by atoms with E-state index in [1.807, 2.05) is 47.4 Å². The number of nitrogens with zero attached hydrogens (tertiary/aromatic N) is 5. The number of thiazole rings is 1. The molecular formula is C26H20F3N7O3S. The molecule has 3 atom stereocenters. The van der Waals surface area contributed by atoms with Gasteiger partial charge in [0.1, 0.15) is 5.00 Å². The van der Waals surface area contributed by atoms with Gasteiger partial charge in [-0.05, 0) is 12.5 Å². The van der Waals surface area contributed by atoms with Gasteiger partial charge in [0.05, 0.1) is 30.2 Å². The van der Waals surface area contributed by atoms with Gasteiger partial charge in [0.15, 0.2) is 5.69 Å². The van der Waals surface area contributed by atoms with Gasteiger partial charge in [-0.3, -0.25) is 4.79 Å². The first-order chi connectivity index (χ1) is 19.3. The van der Waals surface area contributed by atoms with Crippen molar-refractivity contribution in [2.75, 3.05) is 28.7 Å². The van der Waals surface area contributed by atoms with Crippen LogP contribution in [-0.4, -0.2) is 58.3 Å². The van der Waals surface area contributed by atoms with Crippen molar-refractivity contribution in [2.45, 2.75) is 30.9 Å². The summed E-state index contributed by atoms with van der Waals surface area (Å²) in [5, 5.41) is 12.9. The highest BCUT2D eigenvalue weighted by Gasteiger charge is 2.48. The number of fused-ring (bicyclic) bond motifs is 2. The van der Waals surface area contributed by atoms with E-state index in [2.05, 4.69) is 30.8 Å². The topological polar surface area (TPSA) is 118 Å². The number of benzene rings is 2. The van der Waals surface area contributed by atoms with Gasteiger partial charge in [0.25, 0.3) is 11.8 Å². The zero-order valence-electron chi connectivity index (χ0n) is 20.6. The number of hydrogen-bond donors (Lipinski definition) is 2. The molecule has 4 aromatic rings. The Balaban J connectivity index is 1.22. The number of para-hydroxylation sites is 1. The summed E-state index contributed by atoms with van der Waals surface area (Å²) < 4.78 is 52.2. The SMILES string of the molecule is O=C1Nc2ccccc2C(c2ccccc2)=N[C@H]1Nc1nnc(-c2nc(C(F)(F)F)sc2N2CCOC3C[C@@H]32)o1. The predicted octanol–water partition coefficient (Wildman–Crippen LogP) is 4.42. The van der Waals surface area contributed by atoms with Crippen LogP contribution >= 0.6 is 11.3 Å². The molecule has 7 rings (SSSR count). The zero-order chi connectivity index (χ0) is 27.4. The largest absolute Gasteiger partial charge is 0.443 e. The molecule has 14 heteroatoms. The van der Waals surface area contributed by atoms with E-state index in [1.54, 1.807) is 12.1 Å². The van der Waals surface area contributed by atoms with Crippen LogP contribution in [0.1, 0.15) is 22.6 Å². The van der Waals surface area contributed by atoms with E-state index in [-0.39, 0.29) is 29.7 Å². The number of carbonyl (C=O) groups excluding carboxylic acids is 1. The highest BCUT2D eigenvalue weighted by molar-refractivity contribution is 7.16. The van der Waals surface area contributed by atoms with Gasteiger partial charge in [-0.2, -0.15) is 13.2 Å². The van der Waals surface area contributed by atoms with Crippen LogP contribution < -0.4 is 15.5 Å². The highest BCUT2D eigenvalue weighted by Crippen LogP contribution is 2.47. The third-order valence-electron chi connectivity index (χ3n) is 6.76. The quantitative estimate of drug-likeness (QED) is 0.364. The maximum absolute atomic E-state index is 13.6. The average molecular weight is 568 g/mol. The molecule has 0 radical (unpaired) electrons. The molecule has 204 valence electrons. The first-order valence-electron chi connectivity index (χ1n) is 12.5. The molecule has 2 N–H and O–H groups in total. The first kappa shape index (κ1) is 24.7. The molecule has 40 heavy (non-hydrogen) atoms. The van der Waals surface area contributed by atoms with Crippen LogP contribution in [0, 0.1) is 0 Å². The van der Waals surface area contributed by atoms with E-state index in [0.29, 0.717) is 40.9 Å². The van der Waals surface area contributed by atoms with Crippen LogP contribution in [0.2, 0.25) is 0 Å². The lowest BCUT2D eigenvalue weighted by atomic mass is 10.0. The Morgan fingerprint density at radius 1 is 1.07 bits per heavy atom. The van der Waals surface area contributed by atoms with Crippen LogP contribution in [-0.2, 0) is 15.7 Å². The summed E-state index contributed by atoms with van der Waals surface area (Å²) in [4.78, 5) is 23.5. The number of halogens is 3. The Labute approximate surface area is 228 Å². The van der Waals surface area contributed by atoms with Crippen molar-refractivity contribution in [1.29, 1.82) is 0 Å². The van der Waals surface area contributed by atoms with Crippen molar-refractivity contribution < 1.29 is 27.1 Å². The molecule has 4 heterocycles. The smallest absolute Gasteiger partial charge is 0.402 e. The number of anilines is 3. The molecule has 10 nitrogen and oxygen atoms in total. The van der Waals surface area contributed by atoms with Gasteiger partial charge in [0, 0.05) is 17.7 Å². The Morgan fingerprint density at radius 3 is 2.70 bits per heavy atom. The monoisotopic (exact) mass is 567 g/mol. The van der Waals surface area contributed by atoms with E-state index >= 15 is 0 Å². The minimum atomic E-state index is -4.63. The van der Waals surface area contributed by atoms with Crippen LogP contribution in [0.5, 0.6) is 0 Å². The lowest BCUT2D eigenvalue weighted by Crippen LogP contribution is -2.36. The number of alkyl halides is 3. The predicted molar refractivity (Wildman–Crippen MR) is 140 cm³/mol. The molecular weight excluding hydrogens is 547 g/mol. The number of carbonyl (C=O) groups is 1. The van der Waals surface area contributed by atoms with Crippen LogP contribution in [0.25, 0.3) is 11.6 Å². The fraction of sp³-hybridized carbons (Fsp3) is 0.269. The lowest BCUT2D eigenvalue weighted by Gasteiger charge is -2.27. The van der Waals surface area contributed by atoms with Crippen molar-refractivity contribution in [3.05, 3.63) is 70.7 Å². The van der Waals surface area contributed by atoms with Gasteiger partial charge in [-0.25, -0.2) is 9.98 Å². The van der Waals surface area contributed by atoms with E-state index in [0.717, 1.165) is 17.5 Å². The summed E-state index contributed by atoms with van der Waals surface area (Å²) >= 11 is 0.537. The number of nitrogens with one attached hydrogen (secondary N) is 2. The fourth-order valence-electron chi connectivity index (χ4n) is 4.83. The molecule has 3 aliphatic rings. The second-order valence-electron chi connectivity index (χ2n) is 9.41. The normalized spacial score (nSPS) is 22.1. The Morgan fingerprint density at radius 2 is 1.88 bits per heavy atom. The number of aromatic nitrogens is 3. The standard InChI is InChI=1S/C26H20F3N7O3S/c27-26(28,29)24-32-19(23(40-24)36-10-11-38-17-12-16(17)36)22-34-35-25(39-22)33-20-21(37)30-15-9-5-4-8-14(15)18(31-20)13-6-2-1-3-7-13/h1-9,16-17,20H,10-12H2,(H,30,37)(H,33,35)/t16-,17?,20-/m0/s1. The molecule has 2 fully saturated rings. The number of rotatable bonds is 5. The molecule has 1 saturated heterocycles. The third kappa shape index (κ3) is 4.48. The highest BCUT2D eigenvalue weighted by atomic mass is 32.1. The summed E-state index contributed by atoms with van der Waals surface area (Å²) in [7, 11) is 0. The zero-order valence-corrected chi connectivity index (χ0v) is 21.4. The Hall–Kier alpha value is -4.30. The van der Waals surface area contributed by atoms with Crippen molar-refractivity contribution in [2.24, 2.45) is 4.99 Å². The van der Waals surface area contributed by atoms with Crippen molar-refractivity contribution in [3.8, 4) is 11.6 Å². The molecule has 0 bridgehead atoms. The minimum absolute atomic E-state index is 0.00695. The van der Waals surface area contributed by atoms with E-state index in [4.69, 9.17) is 9.15 Å². The minimum Gasteiger partial charge on any atom is -0.402 e. The van der Waals surface area contributed by atoms with E-state index in [9.17, 15) is 18.0 Å². The summed E-state index contributed by atoms with van der Waals surface area (Å²) in [6.45, 7) is 0.824. The first-order valence-corrected chi connectivity index (χ1v) is 13.3. The number of amides is 1. The summed E-state index contributed by atoms with van der Waals surface area (Å²) in [6.07, 6.45) is -5.07. The number of aliphatic imine (C=N–C) groups is 1. The second-order valence-corrected chi connectivity index (χ2v) is 10.4. The molecule has 1 unspecified atom stereocenters. The fourth-order valence-corrected chi connectivity index (χ4v) is 5.84. The average Bonchev–Trinajstić information content (AvgIpc) is 3.42. The summed E-state index contributed by atoms with van der Waals surface area (Å²) in [5.74, 6) is -0.669. The van der Waals surface area contributed by atoms with Crippen LogP contribution in [0.15, 0.2) is 64.0 Å². The summed E-state index contributed by atoms with van der Waals surface area (Å²) in [5.41, 5.74) is 2.61.